The van der Waals surface area contributed by atoms with Gasteiger partial charge in [-0.15, -0.1) is 0 Å². The van der Waals surface area contributed by atoms with E-state index in [-0.39, 0.29) is 16.5 Å². The number of carbonyl (C=O) groups is 1. The number of hydrogen-bond donors (Lipinski definition) is 1. The van der Waals surface area contributed by atoms with Crippen LogP contribution in [-0.2, 0) is 6.54 Å². The van der Waals surface area contributed by atoms with Gasteiger partial charge >= 0.3 is 0 Å². The highest BCUT2D eigenvalue weighted by Crippen LogP contribution is 2.29. The predicted octanol–water partition coefficient (Wildman–Crippen LogP) is 5.11. The number of anilines is 1. The molecule has 0 aliphatic heterocycles. The van der Waals surface area contributed by atoms with E-state index < -0.39 is 0 Å². The summed E-state index contributed by atoms with van der Waals surface area (Å²) >= 11 is 17.9. The molecule has 0 saturated heterocycles. The number of amides is 1. The number of pyridine rings is 1. The van der Waals surface area contributed by atoms with Gasteiger partial charge in [0.1, 0.15) is 0 Å². The van der Waals surface area contributed by atoms with Crippen molar-refractivity contribution in [2.75, 3.05) is 5.32 Å². The van der Waals surface area contributed by atoms with Gasteiger partial charge in [0.15, 0.2) is 0 Å². The van der Waals surface area contributed by atoms with E-state index in [2.05, 4.69) is 5.32 Å². The van der Waals surface area contributed by atoms with E-state index in [1.807, 2.05) is 12.1 Å². The first-order chi connectivity index (χ1) is 12.4. The number of carbonyl (C=O) groups excluding carboxylic acids is 1. The van der Waals surface area contributed by atoms with Crippen LogP contribution < -0.4 is 10.9 Å². The lowest BCUT2D eigenvalue weighted by molar-refractivity contribution is 0.102. The van der Waals surface area contributed by atoms with Gasteiger partial charge in [0, 0.05) is 17.3 Å². The first kappa shape index (κ1) is 18.5. The monoisotopic (exact) mass is 406 g/mol. The zero-order valence-electron chi connectivity index (χ0n) is 13.4. The van der Waals surface area contributed by atoms with Crippen molar-refractivity contribution < 1.29 is 4.79 Å². The number of rotatable bonds is 4. The second-order valence-corrected chi connectivity index (χ2v) is 6.79. The fraction of sp³-hybridized carbons (Fsp3) is 0.0526. The molecule has 0 bridgehead atoms. The number of halogens is 3. The summed E-state index contributed by atoms with van der Waals surface area (Å²) in [7, 11) is 0. The lowest BCUT2D eigenvalue weighted by Crippen LogP contribution is -2.22. The predicted molar refractivity (Wildman–Crippen MR) is 106 cm³/mol. The van der Waals surface area contributed by atoms with Gasteiger partial charge in [-0.1, -0.05) is 53.0 Å². The smallest absolute Gasteiger partial charge is 0.257 e. The van der Waals surface area contributed by atoms with Crippen LogP contribution in [0.15, 0.2) is 65.6 Å². The van der Waals surface area contributed by atoms with E-state index in [9.17, 15) is 9.59 Å². The lowest BCUT2D eigenvalue weighted by atomic mass is 10.2. The highest BCUT2D eigenvalue weighted by atomic mass is 35.5. The molecular weight excluding hydrogens is 395 g/mol. The van der Waals surface area contributed by atoms with Crippen molar-refractivity contribution in [1.29, 1.82) is 0 Å². The third-order valence-corrected chi connectivity index (χ3v) is 4.78. The quantitative estimate of drug-likeness (QED) is 0.653. The van der Waals surface area contributed by atoms with Gasteiger partial charge < -0.3 is 9.88 Å². The molecule has 0 radical (unpaired) electrons. The fourth-order valence-corrected chi connectivity index (χ4v) is 2.84. The molecule has 1 N–H and O–H groups in total. The second-order valence-electron chi connectivity index (χ2n) is 5.57. The largest absolute Gasteiger partial charge is 0.321 e. The number of nitrogens with zero attached hydrogens (tertiary/aromatic N) is 1. The Kier molecular flexibility index (Phi) is 5.67. The molecule has 4 nitrogen and oxygen atoms in total. The molecule has 0 aliphatic carbocycles. The summed E-state index contributed by atoms with van der Waals surface area (Å²) in [6.45, 7) is 0.328. The van der Waals surface area contributed by atoms with Crippen LogP contribution in [-0.4, -0.2) is 10.5 Å². The summed E-state index contributed by atoms with van der Waals surface area (Å²) < 4.78 is 1.46. The summed E-state index contributed by atoms with van der Waals surface area (Å²) in [5, 5.41) is 3.92. The van der Waals surface area contributed by atoms with Gasteiger partial charge in [-0.05, 0) is 35.9 Å². The molecule has 1 heterocycles. The Labute approximate surface area is 164 Å². The fourth-order valence-electron chi connectivity index (χ4n) is 2.37. The molecule has 0 atom stereocenters. The molecule has 132 valence electrons. The van der Waals surface area contributed by atoms with Crippen LogP contribution in [0.1, 0.15) is 15.9 Å². The molecule has 0 saturated carbocycles. The normalized spacial score (nSPS) is 10.6. The van der Waals surface area contributed by atoms with Crippen LogP contribution in [0.3, 0.4) is 0 Å². The Morgan fingerprint density at radius 1 is 0.962 bits per heavy atom. The zero-order valence-corrected chi connectivity index (χ0v) is 15.6. The van der Waals surface area contributed by atoms with Gasteiger partial charge in [-0.3, -0.25) is 9.59 Å². The molecule has 0 spiro atoms. The van der Waals surface area contributed by atoms with Crippen molar-refractivity contribution in [3.63, 3.8) is 0 Å². The van der Waals surface area contributed by atoms with Crippen molar-refractivity contribution in [1.82, 2.24) is 4.57 Å². The van der Waals surface area contributed by atoms with E-state index in [4.69, 9.17) is 34.8 Å². The molecule has 0 unspecified atom stereocenters. The molecule has 1 aromatic heterocycles. The first-order valence-corrected chi connectivity index (χ1v) is 8.78. The molecule has 3 rings (SSSR count). The number of aromatic nitrogens is 1. The standard InChI is InChI=1S/C19H13Cl3N2O2/c20-14-7-4-12(5-8-14)10-24-11-13(6-9-17(24)25)19(26)23-16-3-1-2-15(21)18(16)22/h1-9,11H,10H2,(H,23,26). The second kappa shape index (κ2) is 7.96. The van der Waals surface area contributed by atoms with E-state index in [0.29, 0.717) is 27.8 Å². The van der Waals surface area contributed by atoms with Crippen molar-refractivity contribution >= 4 is 46.4 Å². The van der Waals surface area contributed by atoms with Crippen molar-refractivity contribution in [2.24, 2.45) is 0 Å². The Bertz CT molecular complexity index is 1010. The molecule has 2 aromatic carbocycles. The average molecular weight is 408 g/mol. The van der Waals surface area contributed by atoms with Gasteiger partial charge in [-0.25, -0.2) is 0 Å². The van der Waals surface area contributed by atoms with E-state index in [1.165, 1.54) is 22.9 Å². The van der Waals surface area contributed by atoms with Crippen LogP contribution in [0.2, 0.25) is 15.1 Å². The summed E-state index contributed by atoms with van der Waals surface area (Å²) in [4.78, 5) is 24.6. The van der Waals surface area contributed by atoms with Crippen LogP contribution in [0, 0.1) is 0 Å². The van der Waals surface area contributed by atoms with Gasteiger partial charge in [0.25, 0.3) is 11.5 Å². The minimum absolute atomic E-state index is 0.211. The highest BCUT2D eigenvalue weighted by Gasteiger charge is 2.12. The van der Waals surface area contributed by atoms with E-state index in [1.54, 1.807) is 30.3 Å². The Morgan fingerprint density at radius 2 is 1.69 bits per heavy atom. The molecule has 0 fully saturated rings. The van der Waals surface area contributed by atoms with E-state index >= 15 is 0 Å². The minimum Gasteiger partial charge on any atom is -0.321 e. The summed E-state index contributed by atoms with van der Waals surface area (Å²) in [5.41, 5.74) is 1.42. The Morgan fingerprint density at radius 3 is 2.42 bits per heavy atom. The maximum absolute atomic E-state index is 12.5. The third-order valence-electron chi connectivity index (χ3n) is 3.71. The molecule has 26 heavy (non-hydrogen) atoms. The van der Waals surface area contributed by atoms with Crippen molar-refractivity contribution in [3.05, 3.63) is 97.3 Å². The van der Waals surface area contributed by atoms with Crippen molar-refractivity contribution in [3.8, 4) is 0 Å². The van der Waals surface area contributed by atoms with Crippen molar-refractivity contribution in [2.45, 2.75) is 6.54 Å². The Hall–Kier alpha value is -2.27. The van der Waals surface area contributed by atoms with Crippen LogP contribution in [0.25, 0.3) is 0 Å². The summed E-state index contributed by atoms with van der Waals surface area (Å²) in [6.07, 6.45) is 1.50. The Balaban J connectivity index is 1.84. The molecule has 1 amide bonds. The number of benzene rings is 2. The first-order valence-electron chi connectivity index (χ1n) is 7.64. The molecular formula is C19H13Cl3N2O2. The SMILES string of the molecule is O=C(Nc1cccc(Cl)c1Cl)c1ccc(=O)n(Cc2ccc(Cl)cc2)c1. The van der Waals surface area contributed by atoms with Crippen LogP contribution >= 0.6 is 34.8 Å². The van der Waals surface area contributed by atoms with Gasteiger partial charge in [-0.2, -0.15) is 0 Å². The molecule has 0 aliphatic rings. The minimum atomic E-state index is -0.390. The average Bonchev–Trinajstić information content (AvgIpc) is 2.62. The molecule has 3 aromatic rings. The number of hydrogen-bond acceptors (Lipinski definition) is 2. The van der Waals surface area contributed by atoms with E-state index in [0.717, 1.165) is 5.56 Å². The lowest BCUT2D eigenvalue weighted by Gasteiger charge is -2.10. The van der Waals surface area contributed by atoms with Crippen LogP contribution in [0.5, 0.6) is 0 Å². The summed E-state index contributed by atoms with van der Waals surface area (Å²) in [5.74, 6) is -0.390. The highest BCUT2D eigenvalue weighted by molar-refractivity contribution is 6.44. The van der Waals surface area contributed by atoms with Crippen LogP contribution in [0.4, 0.5) is 5.69 Å². The number of nitrogens with one attached hydrogen (secondary N) is 1. The zero-order chi connectivity index (χ0) is 18.7. The van der Waals surface area contributed by atoms with Gasteiger partial charge in [0.05, 0.1) is 27.8 Å². The maximum atomic E-state index is 12.5. The van der Waals surface area contributed by atoms with Gasteiger partial charge in [0.2, 0.25) is 0 Å². The molecule has 7 heteroatoms. The maximum Gasteiger partial charge on any atom is 0.257 e. The topological polar surface area (TPSA) is 51.1 Å². The summed E-state index contributed by atoms with van der Waals surface area (Å²) in [6, 6.07) is 14.9. The third kappa shape index (κ3) is 4.28.